The van der Waals surface area contributed by atoms with E-state index in [4.69, 9.17) is 9.97 Å². The van der Waals surface area contributed by atoms with Crippen molar-refractivity contribution < 1.29 is 0 Å². The van der Waals surface area contributed by atoms with E-state index in [1.807, 2.05) is 54.6 Å². The molecule has 31 heavy (non-hydrogen) atoms. The maximum Gasteiger partial charge on any atom is 0.229 e. The minimum absolute atomic E-state index is 0.526. The van der Waals surface area contributed by atoms with Crippen LogP contribution in [-0.4, -0.2) is 19.9 Å². The fourth-order valence-electron chi connectivity index (χ4n) is 3.40. The topological polar surface area (TPSA) is 75.6 Å². The van der Waals surface area contributed by atoms with Crippen molar-refractivity contribution >= 4 is 28.4 Å². The highest BCUT2D eigenvalue weighted by atomic mass is 15.1. The molecule has 6 heteroatoms. The third-order valence-electron chi connectivity index (χ3n) is 4.88. The number of rotatable bonds is 6. The van der Waals surface area contributed by atoms with E-state index in [1.165, 1.54) is 0 Å². The van der Waals surface area contributed by atoms with Crippen molar-refractivity contribution in [1.82, 2.24) is 19.9 Å². The summed E-state index contributed by atoms with van der Waals surface area (Å²) in [6.07, 6.45) is 5.08. The van der Waals surface area contributed by atoms with Gasteiger partial charge in [-0.05, 0) is 35.4 Å². The van der Waals surface area contributed by atoms with Gasteiger partial charge in [-0.2, -0.15) is 4.98 Å². The Bertz CT molecular complexity index is 1310. The first kappa shape index (κ1) is 18.7. The third-order valence-corrected chi connectivity index (χ3v) is 4.88. The van der Waals surface area contributed by atoms with Crippen molar-refractivity contribution in [3.05, 3.63) is 103 Å². The molecule has 6 nitrogen and oxygen atoms in total. The highest BCUT2D eigenvalue weighted by Crippen LogP contribution is 2.26. The van der Waals surface area contributed by atoms with Crippen LogP contribution in [0.3, 0.4) is 0 Å². The lowest BCUT2D eigenvalue weighted by Gasteiger charge is -2.12. The van der Waals surface area contributed by atoms with Crippen LogP contribution in [0.25, 0.3) is 22.0 Å². The van der Waals surface area contributed by atoms with Crippen LogP contribution in [0.15, 0.2) is 97.5 Å². The molecule has 0 spiro atoms. The standard InChI is InChI=1S/C25H20N6/c1-2-7-18(8-3-1)19-9-6-10-20(15-19)29-25-30-23-12-5-4-11-22(23)24(31-25)28-17-21-16-26-13-14-27-21/h1-16H,17H2,(H2,28,29,30,31). The molecule has 2 heterocycles. The molecule has 5 rings (SSSR count). The first-order valence-electron chi connectivity index (χ1n) is 10.0. The molecule has 0 atom stereocenters. The highest BCUT2D eigenvalue weighted by Gasteiger charge is 2.09. The lowest BCUT2D eigenvalue weighted by molar-refractivity contribution is 0.998. The lowest BCUT2D eigenvalue weighted by Crippen LogP contribution is -2.07. The van der Waals surface area contributed by atoms with Crippen molar-refractivity contribution in [2.24, 2.45) is 0 Å². The number of fused-ring (bicyclic) bond motifs is 1. The molecule has 0 aliphatic carbocycles. The average molecular weight is 404 g/mol. The summed E-state index contributed by atoms with van der Waals surface area (Å²) in [5.74, 6) is 1.28. The Kier molecular flexibility index (Phi) is 5.18. The van der Waals surface area contributed by atoms with Gasteiger partial charge in [0.25, 0.3) is 0 Å². The van der Waals surface area contributed by atoms with Gasteiger partial charge in [0.15, 0.2) is 0 Å². The number of hydrogen-bond acceptors (Lipinski definition) is 6. The summed E-state index contributed by atoms with van der Waals surface area (Å²) in [7, 11) is 0. The molecule has 0 amide bonds. The summed E-state index contributed by atoms with van der Waals surface area (Å²) < 4.78 is 0. The molecular weight excluding hydrogens is 384 g/mol. The van der Waals surface area contributed by atoms with Gasteiger partial charge in [0, 0.05) is 23.5 Å². The Labute approximate surface area is 180 Å². The van der Waals surface area contributed by atoms with Crippen LogP contribution in [0, 0.1) is 0 Å². The second-order valence-electron chi connectivity index (χ2n) is 7.04. The molecule has 150 valence electrons. The minimum atomic E-state index is 0.526. The first-order valence-corrected chi connectivity index (χ1v) is 10.0. The zero-order valence-corrected chi connectivity index (χ0v) is 16.7. The van der Waals surface area contributed by atoms with Crippen molar-refractivity contribution in [3.63, 3.8) is 0 Å². The molecule has 0 saturated carbocycles. The van der Waals surface area contributed by atoms with Crippen LogP contribution in [0.5, 0.6) is 0 Å². The Morgan fingerprint density at radius 2 is 1.58 bits per heavy atom. The summed E-state index contributed by atoms with van der Waals surface area (Å²) in [6.45, 7) is 0.526. The molecule has 2 aromatic heterocycles. The summed E-state index contributed by atoms with van der Waals surface area (Å²) in [4.78, 5) is 17.9. The summed E-state index contributed by atoms with van der Waals surface area (Å²) in [6, 6.07) is 26.5. The monoisotopic (exact) mass is 404 g/mol. The SMILES string of the molecule is c1ccc(-c2cccc(Nc3nc(NCc4cnccn4)c4ccccc4n3)c2)cc1. The van der Waals surface area contributed by atoms with Crippen LogP contribution < -0.4 is 10.6 Å². The minimum Gasteiger partial charge on any atom is -0.364 e. The quantitative estimate of drug-likeness (QED) is 0.392. The van der Waals surface area contributed by atoms with E-state index < -0.39 is 0 Å². The molecular formula is C25H20N6. The molecule has 2 N–H and O–H groups in total. The maximum atomic E-state index is 4.73. The Balaban J connectivity index is 1.45. The van der Waals surface area contributed by atoms with Crippen molar-refractivity contribution in [1.29, 1.82) is 0 Å². The second-order valence-corrected chi connectivity index (χ2v) is 7.04. The van der Waals surface area contributed by atoms with E-state index in [-0.39, 0.29) is 0 Å². The molecule has 0 aliphatic heterocycles. The van der Waals surface area contributed by atoms with Crippen molar-refractivity contribution in [2.75, 3.05) is 10.6 Å². The van der Waals surface area contributed by atoms with Gasteiger partial charge in [-0.1, -0.05) is 54.6 Å². The number of hydrogen-bond donors (Lipinski definition) is 2. The van der Waals surface area contributed by atoms with Gasteiger partial charge in [-0.25, -0.2) is 4.98 Å². The Hall–Kier alpha value is -4.32. The summed E-state index contributed by atoms with van der Waals surface area (Å²) in [5.41, 5.74) is 4.93. The number of aromatic nitrogens is 4. The molecule has 0 fully saturated rings. The van der Waals surface area contributed by atoms with Gasteiger partial charge < -0.3 is 10.6 Å². The molecule has 0 aliphatic rings. The van der Waals surface area contributed by atoms with Gasteiger partial charge >= 0.3 is 0 Å². The summed E-state index contributed by atoms with van der Waals surface area (Å²) >= 11 is 0. The van der Waals surface area contributed by atoms with E-state index in [2.05, 4.69) is 44.9 Å². The van der Waals surface area contributed by atoms with Gasteiger partial charge in [0.1, 0.15) is 5.82 Å². The Morgan fingerprint density at radius 1 is 0.742 bits per heavy atom. The van der Waals surface area contributed by atoms with Crippen molar-refractivity contribution in [3.8, 4) is 11.1 Å². The molecule has 0 saturated heterocycles. The Morgan fingerprint density at radius 3 is 2.45 bits per heavy atom. The zero-order chi connectivity index (χ0) is 20.9. The van der Waals surface area contributed by atoms with Crippen LogP contribution in [0.1, 0.15) is 5.69 Å². The molecule has 0 radical (unpaired) electrons. The van der Waals surface area contributed by atoms with Gasteiger partial charge in [-0.15, -0.1) is 0 Å². The van der Waals surface area contributed by atoms with Crippen LogP contribution in [-0.2, 0) is 6.54 Å². The predicted octanol–water partition coefficient (Wildman–Crippen LogP) is 5.44. The molecule has 0 unspecified atom stereocenters. The number of anilines is 3. The predicted molar refractivity (Wildman–Crippen MR) is 124 cm³/mol. The molecule has 5 aromatic rings. The van der Waals surface area contributed by atoms with Crippen LogP contribution in [0.4, 0.5) is 17.5 Å². The fraction of sp³-hybridized carbons (Fsp3) is 0.0400. The number of para-hydroxylation sites is 1. The number of benzene rings is 3. The smallest absolute Gasteiger partial charge is 0.229 e. The van der Waals surface area contributed by atoms with Gasteiger partial charge in [0.05, 0.1) is 24.0 Å². The largest absolute Gasteiger partial charge is 0.364 e. The van der Waals surface area contributed by atoms with Gasteiger partial charge in [0.2, 0.25) is 5.95 Å². The van der Waals surface area contributed by atoms with E-state index in [0.29, 0.717) is 12.5 Å². The summed E-state index contributed by atoms with van der Waals surface area (Å²) in [5, 5.41) is 7.68. The van der Waals surface area contributed by atoms with E-state index in [9.17, 15) is 0 Å². The van der Waals surface area contributed by atoms with E-state index in [0.717, 1.165) is 39.2 Å². The highest BCUT2D eigenvalue weighted by molar-refractivity contribution is 5.90. The fourth-order valence-corrected chi connectivity index (χ4v) is 3.40. The third kappa shape index (κ3) is 4.33. The second kappa shape index (κ2) is 8.59. The van der Waals surface area contributed by atoms with Crippen molar-refractivity contribution in [2.45, 2.75) is 6.54 Å². The van der Waals surface area contributed by atoms with E-state index >= 15 is 0 Å². The maximum absolute atomic E-state index is 4.73. The van der Waals surface area contributed by atoms with Crippen LogP contribution in [0.2, 0.25) is 0 Å². The normalized spacial score (nSPS) is 10.7. The van der Waals surface area contributed by atoms with E-state index in [1.54, 1.807) is 18.6 Å². The number of nitrogens with one attached hydrogen (secondary N) is 2. The average Bonchev–Trinajstić information content (AvgIpc) is 2.84. The van der Waals surface area contributed by atoms with Crippen LogP contribution >= 0.6 is 0 Å². The zero-order valence-electron chi connectivity index (χ0n) is 16.7. The lowest BCUT2D eigenvalue weighted by atomic mass is 10.1. The van der Waals surface area contributed by atoms with Gasteiger partial charge in [-0.3, -0.25) is 9.97 Å². The molecule has 0 bridgehead atoms. The first-order chi connectivity index (χ1) is 15.3. The molecule has 3 aromatic carbocycles. The number of nitrogens with zero attached hydrogens (tertiary/aromatic N) is 4.